The molecule has 2 N–H and O–H groups in total. The van der Waals surface area contributed by atoms with Gasteiger partial charge in [0.2, 0.25) is 0 Å². The Morgan fingerprint density at radius 3 is 2.73 bits per heavy atom. The lowest BCUT2D eigenvalue weighted by Gasteiger charge is -2.18. The maximum atomic E-state index is 12.4. The fourth-order valence-corrected chi connectivity index (χ4v) is 2.93. The number of carbonyl (C=O) groups excluding carboxylic acids is 2. The molecule has 7 nitrogen and oxygen atoms in total. The molecule has 0 saturated heterocycles. The molecule has 0 spiro atoms. The van der Waals surface area contributed by atoms with Crippen molar-refractivity contribution in [1.82, 2.24) is 10.3 Å². The van der Waals surface area contributed by atoms with Crippen molar-refractivity contribution < 1.29 is 14.3 Å². The Kier molecular flexibility index (Phi) is 5.95. The molecule has 0 saturated carbocycles. The number of amides is 2. The molecule has 8 heteroatoms. The van der Waals surface area contributed by atoms with E-state index in [0.29, 0.717) is 27.8 Å². The summed E-state index contributed by atoms with van der Waals surface area (Å²) in [5.74, 6) is -0.292. The van der Waals surface area contributed by atoms with Gasteiger partial charge in [-0.3, -0.25) is 10.1 Å². The van der Waals surface area contributed by atoms with Crippen molar-refractivity contribution in [2.24, 2.45) is 0 Å². The molecule has 0 aliphatic carbocycles. The third-order valence-electron chi connectivity index (χ3n) is 3.12. The van der Waals surface area contributed by atoms with Crippen LogP contribution in [0.3, 0.4) is 0 Å². The molecule has 0 fully saturated rings. The number of benzene rings is 1. The van der Waals surface area contributed by atoms with Gasteiger partial charge in [0.15, 0.2) is 5.13 Å². The van der Waals surface area contributed by atoms with Gasteiger partial charge in [0, 0.05) is 6.54 Å². The van der Waals surface area contributed by atoms with Gasteiger partial charge in [-0.2, -0.15) is 5.26 Å². The molecule has 0 unspecified atom stereocenters. The molecule has 2 rings (SSSR count). The Balaban J connectivity index is 2.00. The van der Waals surface area contributed by atoms with Crippen LogP contribution in [0.15, 0.2) is 24.3 Å². The van der Waals surface area contributed by atoms with E-state index < -0.39 is 11.7 Å². The summed E-state index contributed by atoms with van der Waals surface area (Å²) in [6.45, 7) is 7.28. The van der Waals surface area contributed by atoms with Gasteiger partial charge in [-0.05, 0) is 45.4 Å². The van der Waals surface area contributed by atoms with E-state index >= 15 is 0 Å². The highest BCUT2D eigenvalue weighted by Gasteiger charge is 2.20. The Hall–Kier alpha value is -2.92. The normalized spacial score (nSPS) is 10.7. The average Bonchev–Trinajstić information content (AvgIpc) is 2.91. The van der Waals surface area contributed by atoms with E-state index in [-0.39, 0.29) is 5.91 Å². The topological polar surface area (TPSA) is 104 Å². The molecule has 0 aliphatic heterocycles. The largest absolute Gasteiger partial charge is 0.444 e. The van der Waals surface area contributed by atoms with Gasteiger partial charge in [-0.25, -0.2) is 9.78 Å². The van der Waals surface area contributed by atoms with Crippen LogP contribution >= 0.6 is 11.3 Å². The molecule has 0 aliphatic rings. The number of ether oxygens (including phenoxy) is 1. The average molecular weight is 372 g/mol. The highest BCUT2D eigenvalue weighted by atomic mass is 32.1. The monoisotopic (exact) mass is 372 g/mol. The van der Waals surface area contributed by atoms with Gasteiger partial charge in [0.1, 0.15) is 10.5 Å². The molecular weight excluding hydrogens is 352 g/mol. The molecule has 2 amide bonds. The second-order valence-electron chi connectivity index (χ2n) is 6.56. The molecule has 1 aromatic heterocycles. The Bertz CT molecular complexity index is 862. The van der Waals surface area contributed by atoms with Gasteiger partial charge < -0.3 is 10.1 Å². The quantitative estimate of drug-likeness (QED) is 0.853. The molecule has 1 heterocycles. The number of nitrogens with zero attached hydrogens (tertiary/aromatic N) is 2. The minimum Gasteiger partial charge on any atom is -0.444 e. The molecule has 0 atom stereocenters. The molecule has 26 heavy (non-hydrogen) atoms. The summed E-state index contributed by atoms with van der Waals surface area (Å²) in [6, 6.07) is 9.07. The minimum absolute atomic E-state index is 0.292. The summed E-state index contributed by atoms with van der Waals surface area (Å²) in [5, 5.41) is 14.5. The molecule has 1 aromatic carbocycles. The number of thiazole rings is 1. The summed E-state index contributed by atoms with van der Waals surface area (Å²) < 4.78 is 5.17. The molecule has 2 aromatic rings. The lowest BCUT2D eigenvalue weighted by Crippen LogP contribution is -2.27. The van der Waals surface area contributed by atoms with E-state index in [0.717, 1.165) is 16.9 Å². The number of hydrogen-bond acceptors (Lipinski definition) is 6. The fraction of sp³-hybridized carbons (Fsp3) is 0.333. The highest BCUT2D eigenvalue weighted by molar-refractivity contribution is 7.17. The number of nitrogens with one attached hydrogen (secondary N) is 2. The van der Waals surface area contributed by atoms with Crippen molar-refractivity contribution in [3.05, 3.63) is 46.0 Å². The second-order valence-corrected chi connectivity index (χ2v) is 7.55. The van der Waals surface area contributed by atoms with E-state index in [9.17, 15) is 9.59 Å². The van der Waals surface area contributed by atoms with Crippen molar-refractivity contribution >= 4 is 28.5 Å². The van der Waals surface area contributed by atoms with Gasteiger partial charge in [-0.15, -0.1) is 0 Å². The minimum atomic E-state index is -0.619. The highest BCUT2D eigenvalue weighted by Crippen LogP contribution is 2.23. The van der Waals surface area contributed by atoms with Crippen molar-refractivity contribution in [2.45, 2.75) is 39.8 Å². The number of rotatable bonds is 4. The van der Waals surface area contributed by atoms with E-state index in [4.69, 9.17) is 10.00 Å². The summed E-state index contributed by atoms with van der Waals surface area (Å²) in [4.78, 5) is 28.8. The van der Waals surface area contributed by atoms with Crippen LogP contribution in [0.4, 0.5) is 9.93 Å². The van der Waals surface area contributed by atoms with Crippen molar-refractivity contribution in [3.8, 4) is 6.07 Å². The Labute approximate surface area is 156 Å². The van der Waals surface area contributed by atoms with Crippen LogP contribution in [0.2, 0.25) is 0 Å². The number of hydrogen-bond donors (Lipinski definition) is 2. The van der Waals surface area contributed by atoms with E-state index in [1.54, 1.807) is 45.9 Å². The first-order valence-corrected chi connectivity index (χ1v) is 8.74. The fourth-order valence-electron chi connectivity index (χ4n) is 2.06. The molecule has 0 bridgehead atoms. The van der Waals surface area contributed by atoms with Crippen molar-refractivity contribution in [1.29, 1.82) is 5.26 Å². The standard InChI is InChI=1S/C18H20N4O3S/c1-11-14(26-16(21-11)22-17(24)25-18(2,3)4)15(23)20-10-13-7-5-6-12(8-13)9-19/h5-8H,10H2,1-4H3,(H,20,23)(H,21,22,24). The zero-order valence-corrected chi connectivity index (χ0v) is 15.9. The van der Waals surface area contributed by atoms with Crippen LogP contribution in [-0.2, 0) is 11.3 Å². The number of aryl methyl sites for hydroxylation is 1. The summed E-state index contributed by atoms with van der Waals surface area (Å²) in [5.41, 5.74) is 1.26. The lowest BCUT2D eigenvalue weighted by atomic mass is 10.1. The molecule has 0 radical (unpaired) electrons. The zero-order chi connectivity index (χ0) is 19.3. The maximum absolute atomic E-state index is 12.4. The van der Waals surface area contributed by atoms with Crippen LogP contribution in [0.1, 0.15) is 47.3 Å². The molecule has 136 valence electrons. The van der Waals surface area contributed by atoms with Crippen LogP contribution in [-0.4, -0.2) is 22.6 Å². The summed E-state index contributed by atoms with van der Waals surface area (Å²) in [7, 11) is 0. The molecular formula is C18H20N4O3S. The predicted octanol–water partition coefficient (Wildman–Crippen LogP) is 3.60. The maximum Gasteiger partial charge on any atom is 0.413 e. The first-order valence-electron chi connectivity index (χ1n) is 7.92. The SMILES string of the molecule is Cc1nc(NC(=O)OC(C)(C)C)sc1C(=O)NCc1cccc(C#N)c1. The number of aromatic nitrogens is 1. The van der Waals surface area contributed by atoms with Crippen LogP contribution < -0.4 is 10.6 Å². The zero-order valence-electron chi connectivity index (χ0n) is 15.0. The van der Waals surface area contributed by atoms with Gasteiger partial charge in [0.25, 0.3) is 5.91 Å². The van der Waals surface area contributed by atoms with Gasteiger partial charge in [-0.1, -0.05) is 23.5 Å². The van der Waals surface area contributed by atoms with Crippen molar-refractivity contribution in [3.63, 3.8) is 0 Å². The summed E-state index contributed by atoms with van der Waals surface area (Å²) >= 11 is 1.08. The second kappa shape index (κ2) is 7.97. The smallest absolute Gasteiger partial charge is 0.413 e. The van der Waals surface area contributed by atoms with Crippen LogP contribution in [0.25, 0.3) is 0 Å². The Morgan fingerprint density at radius 1 is 1.35 bits per heavy atom. The summed E-state index contributed by atoms with van der Waals surface area (Å²) in [6.07, 6.45) is -0.619. The van der Waals surface area contributed by atoms with Crippen LogP contribution in [0.5, 0.6) is 0 Å². The van der Waals surface area contributed by atoms with Crippen LogP contribution in [0, 0.1) is 18.3 Å². The first kappa shape index (κ1) is 19.4. The Morgan fingerprint density at radius 2 is 2.08 bits per heavy atom. The van der Waals surface area contributed by atoms with E-state index in [1.165, 1.54) is 0 Å². The number of anilines is 1. The van der Waals surface area contributed by atoms with E-state index in [1.807, 2.05) is 6.07 Å². The van der Waals surface area contributed by atoms with E-state index in [2.05, 4.69) is 21.7 Å². The number of carbonyl (C=O) groups is 2. The van der Waals surface area contributed by atoms with Gasteiger partial charge in [0.05, 0.1) is 17.3 Å². The number of nitriles is 1. The third-order valence-corrected chi connectivity index (χ3v) is 4.19. The lowest BCUT2D eigenvalue weighted by molar-refractivity contribution is 0.0635. The first-order chi connectivity index (χ1) is 12.2. The third kappa shape index (κ3) is 5.57. The predicted molar refractivity (Wildman–Crippen MR) is 99.0 cm³/mol. The van der Waals surface area contributed by atoms with Crippen molar-refractivity contribution in [2.75, 3.05) is 5.32 Å². The van der Waals surface area contributed by atoms with Gasteiger partial charge >= 0.3 is 6.09 Å².